The number of nitrogens with zero attached hydrogens (tertiary/aromatic N) is 1. The molecule has 3 nitrogen and oxygen atoms in total. The molecular weight excluding hydrogens is 260 g/mol. The molecule has 1 aliphatic rings. The van der Waals surface area contributed by atoms with Gasteiger partial charge in [0.15, 0.2) is 0 Å². The van der Waals surface area contributed by atoms with Crippen LogP contribution in [0.4, 0.5) is 0 Å². The van der Waals surface area contributed by atoms with Crippen LogP contribution in [0.1, 0.15) is 45.6 Å². The van der Waals surface area contributed by atoms with E-state index in [4.69, 9.17) is 4.74 Å². The van der Waals surface area contributed by atoms with E-state index in [9.17, 15) is 0 Å². The maximum absolute atomic E-state index is 5.81. The summed E-state index contributed by atoms with van der Waals surface area (Å²) in [7, 11) is 0. The number of piperidine rings is 1. The van der Waals surface area contributed by atoms with Gasteiger partial charge in [-0.3, -0.25) is 4.90 Å². The Labute approximate surface area is 129 Å². The zero-order chi connectivity index (χ0) is 15.1. The summed E-state index contributed by atoms with van der Waals surface area (Å²) in [4.78, 5) is 2.63. The molecule has 0 spiro atoms. The third kappa shape index (κ3) is 5.33. The molecule has 2 rings (SSSR count). The Kier molecular flexibility index (Phi) is 6.52. The molecule has 1 heterocycles. The zero-order valence-electron chi connectivity index (χ0n) is 13.8. The van der Waals surface area contributed by atoms with Gasteiger partial charge in [-0.25, -0.2) is 0 Å². The third-order valence-corrected chi connectivity index (χ3v) is 3.95. The molecule has 21 heavy (non-hydrogen) atoms. The Morgan fingerprint density at radius 3 is 2.90 bits per heavy atom. The highest BCUT2D eigenvalue weighted by Gasteiger charge is 2.20. The molecule has 3 heteroatoms. The molecule has 0 bridgehead atoms. The molecule has 1 N–H and O–H groups in total. The van der Waals surface area contributed by atoms with Crippen molar-refractivity contribution in [1.82, 2.24) is 10.2 Å². The summed E-state index contributed by atoms with van der Waals surface area (Å²) in [6.07, 6.45) is 4.05. The highest BCUT2D eigenvalue weighted by molar-refractivity contribution is 5.28. The summed E-state index contributed by atoms with van der Waals surface area (Å²) in [5.74, 6) is 0.987. The minimum absolute atomic E-state index is 0.231. The van der Waals surface area contributed by atoms with Crippen LogP contribution in [-0.2, 0) is 6.54 Å². The van der Waals surface area contributed by atoms with Crippen molar-refractivity contribution < 1.29 is 4.74 Å². The van der Waals surface area contributed by atoms with E-state index < -0.39 is 0 Å². The Balaban J connectivity index is 2.01. The summed E-state index contributed by atoms with van der Waals surface area (Å²) in [6.45, 7) is 10.9. The van der Waals surface area contributed by atoms with Crippen LogP contribution in [0.25, 0.3) is 0 Å². The highest BCUT2D eigenvalue weighted by Crippen LogP contribution is 2.19. The molecule has 1 unspecified atom stereocenters. The average Bonchev–Trinajstić information content (AvgIpc) is 2.47. The van der Waals surface area contributed by atoms with Crippen molar-refractivity contribution in [3.63, 3.8) is 0 Å². The Morgan fingerprint density at radius 1 is 1.38 bits per heavy atom. The van der Waals surface area contributed by atoms with Gasteiger partial charge >= 0.3 is 0 Å². The molecule has 1 saturated heterocycles. The van der Waals surface area contributed by atoms with Gasteiger partial charge in [-0.05, 0) is 63.9 Å². The smallest absolute Gasteiger partial charge is 0.120 e. The fourth-order valence-corrected chi connectivity index (χ4v) is 3.05. The van der Waals surface area contributed by atoms with E-state index in [1.807, 2.05) is 0 Å². The van der Waals surface area contributed by atoms with Gasteiger partial charge < -0.3 is 10.1 Å². The first kappa shape index (κ1) is 16.3. The lowest BCUT2D eigenvalue weighted by Crippen LogP contribution is -2.45. The normalized spacial score (nSPS) is 19.2. The standard InChI is InChI=1S/C18H30N2O/c1-4-11-20(17-8-6-10-19-13-17)14-16-7-5-9-18(12-16)21-15(2)3/h5,7,9,12,15,17,19H,4,6,8,10-11,13-14H2,1-3H3. The first-order valence-corrected chi connectivity index (χ1v) is 8.39. The lowest BCUT2D eigenvalue weighted by Gasteiger charge is -2.34. The number of ether oxygens (including phenoxy) is 1. The Hall–Kier alpha value is -1.06. The molecule has 1 aromatic carbocycles. The van der Waals surface area contributed by atoms with Crippen molar-refractivity contribution in [1.29, 1.82) is 0 Å². The summed E-state index contributed by atoms with van der Waals surface area (Å²) < 4.78 is 5.81. The summed E-state index contributed by atoms with van der Waals surface area (Å²) in [5.41, 5.74) is 1.35. The molecule has 0 aliphatic carbocycles. The first-order chi connectivity index (χ1) is 10.2. The van der Waals surface area contributed by atoms with E-state index in [2.05, 4.69) is 55.3 Å². The second-order valence-corrected chi connectivity index (χ2v) is 6.28. The maximum atomic E-state index is 5.81. The van der Waals surface area contributed by atoms with Crippen molar-refractivity contribution in [2.75, 3.05) is 19.6 Å². The van der Waals surface area contributed by atoms with E-state index in [1.54, 1.807) is 0 Å². The van der Waals surface area contributed by atoms with Gasteiger partial charge in [-0.2, -0.15) is 0 Å². The predicted molar refractivity (Wildman–Crippen MR) is 88.8 cm³/mol. The third-order valence-electron chi connectivity index (χ3n) is 3.95. The average molecular weight is 290 g/mol. The van der Waals surface area contributed by atoms with Crippen LogP contribution in [0.3, 0.4) is 0 Å². The SMILES string of the molecule is CCCN(Cc1cccc(OC(C)C)c1)C1CCCNC1. The molecular formula is C18H30N2O. The molecule has 118 valence electrons. The van der Waals surface area contributed by atoms with Crippen molar-refractivity contribution in [3.8, 4) is 5.75 Å². The Morgan fingerprint density at radius 2 is 2.24 bits per heavy atom. The van der Waals surface area contributed by atoms with Crippen molar-refractivity contribution >= 4 is 0 Å². The summed E-state index contributed by atoms with van der Waals surface area (Å²) in [6, 6.07) is 9.24. The van der Waals surface area contributed by atoms with Crippen LogP contribution in [-0.4, -0.2) is 36.7 Å². The quantitative estimate of drug-likeness (QED) is 0.832. The summed E-state index contributed by atoms with van der Waals surface area (Å²) >= 11 is 0. The van der Waals surface area contributed by atoms with Crippen molar-refractivity contribution in [2.45, 2.75) is 58.7 Å². The van der Waals surface area contributed by atoms with Crippen molar-refractivity contribution in [2.24, 2.45) is 0 Å². The van der Waals surface area contributed by atoms with Crippen LogP contribution < -0.4 is 10.1 Å². The van der Waals surface area contributed by atoms with E-state index in [0.717, 1.165) is 18.8 Å². The minimum Gasteiger partial charge on any atom is -0.491 e. The lowest BCUT2D eigenvalue weighted by atomic mass is 10.0. The molecule has 0 radical (unpaired) electrons. The van der Waals surface area contributed by atoms with Gasteiger partial charge in [-0.1, -0.05) is 19.1 Å². The molecule has 0 aromatic heterocycles. The van der Waals surface area contributed by atoms with Crippen LogP contribution >= 0.6 is 0 Å². The molecule has 0 saturated carbocycles. The molecule has 1 aliphatic heterocycles. The summed E-state index contributed by atoms with van der Waals surface area (Å²) in [5, 5.41) is 3.53. The Bertz CT molecular complexity index is 413. The number of rotatable bonds is 7. The van der Waals surface area contributed by atoms with Gasteiger partial charge in [0, 0.05) is 19.1 Å². The lowest BCUT2D eigenvalue weighted by molar-refractivity contribution is 0.157. The molecule has 0 amide bonds. The van der Waals surface area contributed by atoms with E-state index in [0.29, 0.717) is 6.04 Å². The minimum atomic E-state index is 0.231. The molecule has 1 aromatic rings. The van der Waals surface area contributed by atoms with Gasteiger partial charge in [0.25, 0.3) is 0 Å². The fourth-order valence-electron chi connectivity index (χ4n) is 3.05. The predicted octanol–water partition coefficient (Wildman–Crippen LogP) is 3.44. The van der Waals surface area contributed by atoms with Crippen LogP contribution in [0.5, 0.6) is 5.75 Å². The number of hydrogen-bond acceptors (Lipinski definition) is 3. The van der Waals surface area contributed by atoms with E-state index in [1.165, 1.54) is 37.9 Å². The maximum Gasteiger partial charge on any atom is 0.120 e. The first-order valence-electron chi connectivity index (χ1n) is 8.39. The monoisotopic (exact) mass is 290 g/mol. The number of nitrogens with one attached hydrogen (secondary N) is 1. The van der Waals surface area contributed by atoms with E-state index >= 15 is 0 Å². The number of benzene rings is 1. The van der Waals surface area contributed by atoms with Gasteiger partial charge in [0.05, 0.1) is 6.10 Å². The van der Waals surface area contributed by atoms with E-state index in [-0.39, 0.29) is 6.10 Å². The van der Waals surface area contributed by atoms with Crippen molar-refractivity contribution in [3.05, 3.63) is 29.8 Å². The fraction of sp³-hybridized carbons (Fsp3) is 0.667. The highest BCUT2D eigenvalue weighted by atomic mass is 16.5. The van der Waals surface area contributed by atoms with Gasteiger partial charge in [0.1, 0.15) is 5.75 Å². The van der Waals surface area contributed by atoms with Gasteiger partial charge in [-0.15, -0.1) is 0 Å². The zero-order valence-corrected chi connectivity index (χ0v) is 13.8. The molecule has 1 atom stereocenters. The second-order valence-electron chi connectivity index (χ2n) is 6.28. The largest absolute Gasteiger partial charge is 0.491 e. The topological polar surface area (TPSA) is 24.5 Å². The second kappa shape index (κ2) is 8.40. The number of hydrogen-bond donors (Lipinski definition) is 1. The van der Waals surface area contributed by atoms with Crippen LogP contribution in [0, 0.1) is 0 Å². The van der Waals surface area contributed by atoms with Crippen LogP contribution in [0.15, 0.2) is 24.3 Å². The van der Waals surface area contributed by atoms with Crippen LogP contribution in [0.2, 0.25) is 0 Å². The van der Waals surface area contributed by atoms with Gasteiger partial charge in [0.2, 0.25) is 0 Å². The molecule has 1 fully saturated rings.